The molecule has 1 aromatic heterocycles. The number of rotatable bonds is 5. The Morgan fingerprint density at radius 2 is 2.16 bits per heavy atom. The molecule has 1 aromatic carbocycles. The van der Waals surface area contributed by atoms with Crippen LogP contribution in [0.5, 0.6) is 0 Å². The van der Waals surface area contributed by atoms with Gasteiger partial charge in [-0.15, -0.1) is 0 Å². The van der Waals surface area contributed by atoms with Crippen molar-refractivity contribution in [2.24, 2.45) is 0 Å². The SMILES string of the molecule is CCCN(CC(=O)O)c1ncnc2ccc(C)cc12. The number of carboxylic acid groups (broad SMARTS) is 1. The second kappa shape index (κ2) is 5.65. The topological polar surface area (TPSA) is 66.3 Å². The third kappa shape index (κ3) is 2.99. The first-order valence-electron chi connectivity index (χ1n) is 6.30. The maximum Gasteiger partial charge on any atom is 0.323 e. The molecule has 0 aliphatic carbocycles. The number of carboxylic acids is 1. The van der Waals surface area contributed by atoms with Gasteiger partial charge in [-0.25, -0.2) is 9.97 Å². The Hall–Kier alpha value is -2.17. The number of nitrogens with zero attached hydrogens (tertiary/aromatic N) is 3. The van der Waals surface area contributed by atoms with Crippen LogP contribution in [0.4, 0.5) is 5.82 Å². The first-order chi connectivity index (χ1) is 9.11. The molecule has 19 heavy (non-hydrogen) atoms. The largest absolute Gasteiger partial charge is 0.480 e. The lowest BCUT2D eigenvalue weighted by Gasteiger charge is -2.22. The van der Waals surface area contributed by atoms with Crippen molar-refractivity contribution in [2.75, 3.05) is 18.0 Å². The molecular weight excluding hydrogens is 242 g/mol. The summed E-state index contributed by atoms with van der Waals surface area (Å²) in [5, 5.41) is 9.91. The highest BCUT2D eigenvalue weighted by atomic mass is 16.4. The van der Waals surface area contributed by atoms with Crippen LogP contribution < -0.4 is 4.90 Å². The lowest BCUT2D eigenvalue weighted by atomic mass is 10.1. The number of benzene rings is 1. The summed E-state index contributed by atoms with van der Waals surface area (Å²) in [6.07, 6.45) is 2.35. The van der Waals surface area contributed by atoms with E-state index in [1.54, 1.807) is 4.90 Å². The van der Waals surface area contributed by atoms with Crippen LogP contribution in [0.3, 0.4) is 0 Å². The van der Waals surface area contributed by atoms with Crippen molar-refractivity contribution in [3.8, 4) is 0 Å². The first kappa shape index (κ1) is 13.3. The normalized spacial score (nSPS) is 10.6. The smallest absolute Gasteiger partial charge is 0.323 e. The van der Waals surface area contributed by atoms with Crippen LogP contribution in [0.1, 0.15) is 18.9 Å². The minimum absolute atomic E-state index is 0.0477. The maximum absolute atomic E-state index is 11.0. The lowest BCUT2D eigenvalue weighted by Crippen LogP contribution is -2.31. The molecule has 1 N–H and O–H groups in total. The highest BCUT2D eigenvalue weighted by Crippen LogP contribution is 2.23. The highest BCUT2D eigenvalue weighted by molar-refractivity contribution is 5.91. The van der Waals surface area contributed by atoms with Gasteiger partial charge >= 0.3 is 5.97 Å². The summed E-state index contributed by atoms with van der Waals surface area (Å²) in [5.41, 5.74) is 1.94. The van der Waals surface area contributed by atoms with Gasteiger partial charge < -0.3 is 10.0 Å². The molecule has 2 rings (SSSR count). The van der Waals surface area contributed by atoms with Crippen LogP contribution in [-0.4, -0.2) is 34.1 Å². The predicted octanol–water partition coefficient (Wildman–Crippen LogP) is 2.24. The molecule has 0 aliphatic heterocycles. The van der Waals surface area contributed by atoms with E-state index in [1.165, 1.54) is 6.33 Å². The number of anilines is 1. The molecule has 0 saturated carbocycles. The van der Waals surface area contributed by atoms with E-state index in [4.69, 9.17) is 5.11 Å². The molecule has 5 heteroatoms. The zero-order chi connectivity index (χ0) is 13.8. The summed E-state index contributed by atoms with van der Waals surface area (Å²) < 4.78 is 0. The van der Waals surface area contributed by atoms with Crippen molar-refractivity contribution in [1.29, 1.82) is 0 Å². The Bertz CT molecular complexity index is 598. The molecule has 0 unspecified atom stereocenters. The highest BCUT2D eigenvalue weighted by Gasteiger charge is 2.14. The van der Waals surface area contributed by atoms with Gasteiger partial charge in [0.1, 0.15) is 18.7 Å². The quantitative estimate of drug-likeness (QED) is 0.892. The lowest BCUT2D eigenvalue weighted by molar-refractivity contribution is -0.135. The zero-order valence-electron chi connectivity index (χ0n) is 11.1. The Balaban J connectivity index is 2.51. The zero-order valence-corrected chi connectivity index (χ0v) is 11.1. The average molecular weight is 259 g/mol. The van der Waals surface area contributed by atoms with Crippen molar-refractivity contribution < 1.29 is 9.90 Å². The van der Waals surface area contributed by atoms with Gasteiger partial charge in [-0.2, -0.15) is 0 Å². The summed E-state index contributed by atoms with van der Waals surface area (Å²) in [4.78, 5) is 21.3. The van der Waals surface area contributed by atoms with Crippen LogP contribution in [0.15, 0.2) is 24.5 Å². The molecule has 0 radical (unpaired) electrons. The van der Waals surface area contributed by atoms with Crippen molar-refractivity contribution in [1.82, 2.24) is 9.97 Å². The molecule has 0 spiro atoms. The van der Waals surface area contributed by atoms with Gasteiger partial charge in [0.15, 0.2) is 0 Å². The molecular formula is C14H17N3O2. The van der Waals surface area contributed by atoms with E-state index in [-0.39, 0.29) is 6.54 Å². The van der Waals surface area contributed by atoms with E-state index in [9.17, 15) is 4.79 Å². The fraction of sp³-hybridized carbons (Fsp3) is 0.357. The van der Waals surface area contributed by atoms with Crippen LogP contribution in [-0.2, 0) is 4.79 Å². The molecule has 1 heterocycles. The summed E-state index contributed by atoms with van der Waals surface area (Å²) in [6.45, 7) is 4.63. The van der Waals surface area contributed by atoms with E-state index in [0.717, 1.165) is 22.9 Å². The predicted molar refractivity (Wildman–Crippen MR) is 74.4 cm³/mol. The molecule has 5 nitrogen and oxygen atoms in total. The molecule has 0 atom stereocenters. The third-order valence-corrected chi connectivity index (χ3v) is 2.89. The summed E-state index contributed by atoms with van der Waals surface area (Å²) in [7, 11) is 0. The number of fused-ring (bicyclic) bond motifs is 1. The summed E-state index contributed by atoms with van der Waals surface area (Å²) in [5.74, 6) is -0.161. The van der Waals surface area contributed by atoms with Gasteiger partial charge in [0, 0.05) is 11.9 Å². The van der Waals surface area contributed by atoms with E-state index in [1.807, 2.05) is 32.0 Å². The Kier molecular flexibility index (Phi) is 3.94. The fourth-order valence-corrected chi connectivity index (χ4v) is 2.10. The molecule has 2 aromatic rings. The van der Waals surface area contributed by atoms with E-state index >= 15 is 0 Å². The maximum atomic E-state index is 11.0. The Morgan fingerprint density at radius 3 is 2.84 bits per heavy atom. The van der Waals surface area contributed by atoms with E-state index in [0.29, 0.717) is 12.4 Å². The van der Waals surface area contributed by atoms with Gasteiger partial charge in [0.2, 0.25) is 0 Å². The fourth-order valence-electron chi connectivity index (χ4n) is 2.10. The molecule has 100 valence electrons. The van der Waals surface area contributed by atoms with Gasteiger partial charge in [0.25, 0.3) is 0 Å². The number of aryl methyl sites for hydroxylation is 1. The van der Waals surface area contributed by atoms with E-state index in [2.05, 4.69) is 9.97 Å². The molecule has 0 saturated heterocycles. The van der Waals surface area contributed by atoms with Crippen LogP contribution >= 0.6 is 0 Å². The van der Waals surface area contributed by atoms with Crippen molar-refractivity contribution in [3.63, 3.8) is 0 Å². The van der Waals surface area contributed by atoms with Crippen molar-refractivity contribution >= 4 is 22.7 Å². The third-order valence-electron chi connectivity index (χ3n) is 2.89. The average Bonchev–Trinajstić information content (AvgIpc) is 2.37. The number of carbonyl (C=O) groups is 1. The Morgan fingerprint density at radius 1 is 1.37 bits per heavy atom. The van der Waals surface area contributed by atoms with Gasteiger partial charge in [-0.1, -0.05) is 18.6 Å². The van der Waals surface area contributed by atoms with Gasteiger partial charge in [0.05, 0.1) is 5.52 Å². The van der Waals surface area contributed by atoms with E-state index < -0.39 is 5.97 Å². The summed E-state index contributed by atoms with van der Waals surface area (Å²) in [6, 6.07) is 5.91. The minimum Gasteiger partial charge on any atom is -0.480 e. The van der Waals surface area contributed by atoms with Gasteiger partial charge in [-0.05, 0) is 25.5 Å². The standard InChI is InChI=1S/C14H17N3O2/c1-3-6-17(8-13(18)19)14-11-7-10(2)4-5-12(11)15-9-16-14/h4-5,7,9H,3,6,8H2,1-2H3,(H,18,19). The molecule has 0 amide bonds. The molecule has 0 fully saturated rings. The minimum atomic E-state index is -0.854. The first-order valence-corrected chi connectivity index (χ1v) is 6.30. The van der Waals surface area contributed by atoms with Crippen molar-refractivity contribution in [3.05, 3.63) is 30.1 Å². The molecule has 0 aliphatic rings. The number of hydrogen-bond acceptors (Lipinski definition) is 4. The second-order valence-electron chi connectivity index (χ2n) is 4.53. The number of hydrogen-bond donors (Lipinski definition) is 1. The van der Waals surface area contributed by atoms with Gasteiger partial charge in [-0.3, -0.25) is 4.79 Å². The monoisotopic (exact) mass is 259 g/mol. The Labute approximate surface area is 111 Å². The van der Waals surface area contributed by atoms with Crippen LogP contribution in [0, 0.1) is 6.92 Å². The second-order valence-corrected chi connectivity index (χ2v) is 4.53. The summed E-state index contributed by atoms with van der Waals surface area (Å²) >= 11 is 0. The number of aliphatic carboxylic acids is 1. The molecule has 0 bridgehead atoms. The number of aromatic nitrogens is 2. The van der Waals surface area contributed by atoms with Crippen molar-refractivity contribution in [2.45, 2.75) is 20.3 Å². The van der Waals surface area contributed by atoms with Crippen LogP contribution in [0.25, 0.3) is 10.9 Å². The van der Waals surface area contributed by atoms with Crippen LogP contribution in [0.2, 0.25) is 0 Å².